The summed E-state index contributed by atoms with van der Waals surface area (Å²) in [5.41, 5.74) is 0. The first kappa shape index (κ1) is 10.1. The number of nitrogens with one attached hydrogen (secondary N) is 1. The first-order valence-electron chi connectivity index (χ1n) is 3.27. The standard InChI is InChI=1S/C6H11F2NO2/c1-3-6(7,8)4(2)9-5(10)11/h4,9H,3H2,1-2H3,(H,10,11). The molecule has 5 heteroatoms. The Labute approximate surface area is 63.4 Å². The van der Waals surface area contributed by atoms with E-state index in [9.17, 15) is 13.6 Å². The molecular formula is C6H11F2NO2. The van der Waals surface area contributed by atoms with E-state index in [1.54, 1.807) is 5.32 Å². The maximum absolute atomic E-state index is 12.6. The van der Waals surface area contributed by atoms with E-state index in [2.05, 4.69) is 0 Å². The molecule has 0 aromatic carbocycles. The van der Waals surface area contributed by atoms with E-state index in [1.807, 2.05) is 0 Å². The fourth-order valence-corrected chi connectivity index (χ4v) is 0.597. The topological polar surface area (TPSA) is 49.3 Å². The number of rotatable bonds is 3. The Hall–Kier alpha value is -0.870. The summed E-state index contributed by atoms with van der Waals surface area (Å²) in [6, 6.07) is -1.33. The van der Waals surface area contributed by atoms with Crippen LogP contribution in [0.15, 0.2) is 0 Å². The van der Waals surface area contributed by atoms with Crippen LogP contribution < -0.4 is 5.32 Å². The second-order valence-corrected chi connectivity index (χ2v) is 2.29. The highest BCUT2D eigenvalue weighted by molar-refractivity contribution is 5.64. The molecule has 0 radical (unpaired) electrons. The van der Waals surface area contributed by atoms with Crippen molar-refractivity contribution in [1.82, 2.24) is 5.32 Å². The van der Waals surface area contributed by atoms with Gasteiger partial charge in [-0.1, -0.05) is 6.92 Å². The van der Waals surface area contributed by atoms with Crippen LogP contribution in [-0.2, 0) is 0 Å². The molecule has 2 N–H and O–H groups in total. The Bertz CT molecular complexity index is 150. The van der Waals surface area contributed by atoms with Crippen molar-refractivity contribution in [3.05, 3.63) is 0 Å². The average Bonchev–Trinajstić information content (AvgIpc) is 1.86. The van der Waals surface area contributed by atoms with Gasteiger partial charge in [0.2, 0.25) is 0 Å². The van der Waals surface area contributed by atoms with Crippen LogP contribution in [0, 0.1) is 0 Å². The molecule has 0 saturated heterocycles. The largest absolute Gasteiger partial charge is 0.465 e. The average molecular weight is 167 g/mol. The van der Waals surface area contributed by atoms with Gasteiger partial charge in [0.25, 0.3) is 5.92 Å². The smallest absolute Gasteiger partial charge is 0.405 e. The highest BCUT2D eigenvalue weighted by atomic mass is 19.3. The number of carboxylic acid groups (broad SMARTS) is 1. The zero-order valence-corrected chi connectivity index (χ0v) is 6.40. The molecule has 0 aromatic heterocycles. The normalized spacial score (nSPS) is 14.2. The van der Waals surface area contributed by atoms with Gasteiger partial charge in [-0.2, -0.15) is 0 Å². The zero-order valence-electron chi connectivity index (χ0n) is 6.40. The fourth-order valence-electron chi connectivity index (χ4n) is 0.597. The Morgan fingerprint density at radius 1 is 1.73 bits per heavy atom. The molecule has 0 rings (SSSR count). The third-order valence-corrected chi connectivity index (χ3v) is 1.44. The summed E-state index contributed by atoms with van der Waals surface area (Å²) < 4.78 is 25.2. The maximum Gasteiger partial charge on any atom is 0.405 e. The third kappa shape index (κ3) is 3.15. The molecule has 1 amide bonds. The van der Waals surface area contributed by atoms with Gasteiger partial charge in [0.05, 0.1) is 6.04 Å². The minimum absolute atomic E-state index is 0.367. The number of carbonyl (C=O) groups is 1. The van der Waals surface area contributed by atoms with Crippen LogP contribution >= 0.6 is 0 Å². The second kappa shape index (κ2) is 3.50. The van der Waals surface area contributed by atoms with Crippen molar-refractivity contribution >= 4 is 6.09 Å². The summed E-state index contributed by atoms with van der Waals surface area (Å²) in [6.45, 7) is 2.44. The predicted octanol–water partition coefficient (Wildman–Crippen LogP) is 1.69. The van der Waals surface area contributed by atoms with Gasteiger partial charge in [-0.25, -0.2) is 13.6 Å². The van der Waals surface area contributed by atoms with Crippen LogP contribution in [0.2, 0.25) is 0 Å². The van der Waals surface area contributed by atoms with Gasteiger partial charge < -0.3 is 10.4 Å². The van der Waals surface area contributed by atoms with Gasteiger partial charge >= 0.3 is 6.09 Å². The van der Waals surface area contributed by atoms with Crippen LogP contribution in [0.4, 0.5) is 13.6 Å². The molecule has 66 valence electrons. The van der Waals surface area contributed by atoms with E-state index in [-0.39, 0.29) is 6.42 Å². The van der Waals surface area contributed by atoms with Crippen molar-refractivity contribution in [2.24, 2.45) is 0 Å². The van der Waals surface area contributed by atoms with Crippen molar-refractivity contribution in [3.8, 4) is 0 Å². The molecule has 0 heterocycles. The van der Waals surface area contributed by atoms with E-state index in [1.165, 1.54) is 6.92 Å². The lowest BCUT2D eigenvalue weighted by Crippen LogP contribution is -2.44. The maximum atomic E-state index is 12.6. The van der Waals surface area contributed by atoms with Gasteiger partial charge in [-0.15, -0.1) is 0 Å². The third-order valence-electron chi connectivity index (χ3n) is 1.44. The fraction of sp³-hybridized carbons (Fsp3) is 0.833. The molecule has 11 heavy (non-hydrogen) atoms. The Balaban J connectivity index is 4.01. The molecule has 0 aliphatic carbocycles. The van der Waals surface area contributed by atoms with Crippen LogP contribution in [0.3, 0.4) is 0 Å². The second-order valence-electron chi connectivity index (χ2n) is 2.29. The van der Waals surface area contributed by atoms with Crippen molar-refractivity contribution < 1.29 is 18.7 Å². The summed E-state index contributed by atoms with van der Waals surface area (Å²) in [4.78, 5) is 9.93. The van der Waals surface area contributed by atoms with Gasteiger partial charge in [0.15, 0.2) is 0 Å². The molecule has 0 aromatic rings. The monoisotopic (exact) mass is 167 g/mol. The van der Waals surface area contributed by atoms with E-state index in [4.69, 9.17) is 5.11 Å². The van der Waals surface area contributed by atoms with E-state index in [0.717, 1.165) is 6.92 Å². The Morgan fingerprint density at radius 3 is 2.45 bits per heavy atom. The van der Waals surface area contributed by atoms with E-state index in [0.29, 0.717) is 0 Å². The summed E-state index contributed by atoms with van der Waals surface area (Å²) in [5, 5.41) is 9.80. The molecular weight excluding hydrogens is 156 g/mol. The number of hydrogen-bond donors (Lipinski definition) is 2. The molecule has 0 aliphatic heterocycles. The number of alkyl halides is 2. The van der Waals surface area contributed by atoms with Gasteiger partial charge in [0.1, 0.15) is 0 Å². The lowest BCUT2D eigenvalue weighted by atomic mass is 10.1. The van der Waals surface area contributed by atoms with Gasteiger partial charge in [0, 0.05) is 6.42 Å². The van der Waals surface area contributed by atoms with Crippen molar-refractivity contribution in [1.29, 1.82) is 0 Å². The first-order chi connectivity index (χ1) is 4.90. The van der Waals surface area contributed by atoms with E-state index < -0.39 is 18.1 Å². The van der Waals surface area contributed by atoms with Gasteiger partial charge in [-0.05, 0) is 6.92 Å². The Kier molecular flexibility index (Phi) is 3.22. The zero-order chi connectivity index (χ0) is 9.07. The number of halogens is 2. The highest BCUT2D eigenvalue weighted by Gasteiger charge is 2.34. The minimum atomic E-state index is -2.96. The van der Waals surface area contributed by atoms with Crippen LogP contribution in [-0.4, -0.2) is 23.2 Å². The molecule has 0 bridgehead atoms. The highest BCUT2D eigenvalue weighted by Crippen LogP contribution is 2.21. The van der Waals surface area contributed by atoms with Crippen molar-refractivity contribution in [2.45, 2.75) is 32.2 Å². The lowest BCUT2D eigenvalue weighted by molar-refractivity contribution is -0.0330. The summed E-state index contributed by atoms with van der Waals surface area (Å²) in [6.07, 6.45) is -1.79. The van der Waals surface area contributed by atoms with E-state index >= 15 is 0 Å². The summed E-state index contributed by atoms with van der Waals surface area (Å²) >= 11 is 0. The predicted molar refractivity (Wildman–Crippen MR) is 35.9 cm³/mol. The minimum Gasteiger partial charge on any atom is -0.465 e. The summed E-state index contributed by atoms with van der Waals surface area (Å²) in [7, 11) is 0. The van der Waals surface area contributed by atoms with Crippen LogP contribution in [0.1, 0.15) is 20.3 Å². The van der Waals surface area contributed by atoms with Crippen LogP contribution in [0.25, 0.3) is 0 Å². The summed E-state index contributed by atoms with van der Waals surface area (Å²) in [5.74, 6) is -2.96. The Morgan fingerprint density at radius 2 is 2.18 bits per heavy atom. The molecule has 1 unspecified atom stereocenters. The molecule has 0 spiro atoms. The molecule has 0 aliphatic rings. The molecule has 0 saturated carbocycles. The molecule has 1 atom stereocenters. The quantitative estimate of drug-likeness (QED) is 0.671. The number of amides is 1. The lowest BCUT2D eigenvalue weighted by Gasteiger charge is -2.21. The van der Waals surface area contributed by atoms with Crippen molar-refractivity contribution in [2.75, 3.05) is 0 Å². The first-order valence-corrected chi connectivity index (χ1v) is 3.27. The SMILES string of the molecule is CCC(F)(F)C(C)NC(=O)O. The molecule has 0 fully saturated rings. The van der Waals surface area contributed by atoms with Crippen LogP contribution in [0.5, 0.6) is 0 Å². The van der Waals surface area contributed by atoms with Gasteiger partial charge in [-0.3, -0.25) is 0 Å². The number of hydrogen-bond acceptors (Lipinski definition) is 1. The molecule has 3 nitrogen and oxygen atoms in total. The van der Waals surface area contributed by atoms with Crippen molar-refractivity contribution in [3.63, 3.8) is 0 Å².